The molecule has 0 bridgehead atoms. The number of carbonyl (C=O) groups is 2. The van der Waals surface area contributed by atoms with Gasteiger partial charge in [0.2, 0.25) is 0 Å². The Hall–Kier alpha value is -9.46. The van der Waals surface area contributed by atoms with Crippen molar-refractivity contribution in [2.45, 2.75) is 218 Å². The maximum Gasteiger partial charge on any atom is 0.373 e. The van der Waals surface area contributed by atoms with E-state index in [0.29, 0.717) is 54.2 Å². The number of ether oxygens (including phenoxy) is 2. The topological polar surface area (TPSA) is 351 Å². The molecule has 0 saturated heterocycles. The molecular formula is C87H111N7O15S2. The Balaban J connectivity index is 0.000000275. The number of hydrogen-bond acceptors (Lipinski definition) is 14. The van der Waals surface area contributed by atoms with Gasteiger partial charge in [-0.2, -0.15) is 36.0 Å². The summed E-state index contributed by atoms with van der Waals surface area (Å²) in [6.07, 6.45) is 15.9. The van der Waals surface area contributed by atoms with Crippen molar-refractivity contribution in [1.82, 2.24) is 4.90 Å². The number of fused-ring (bicyclic) bond motifs is 8. The first kappa shape index (κ1) is 90.4. The van der Waals surface area contributed by atoms with Crippen molar-refractivity contribution in [3.8, 4) is 23.0 Å². The van der Waals surface area contributed by atoms with E-state index in [0.717, 1.165) is 131 Å². The van der Waals surface area contributed by atoms with E-state index in [9.17, 15) is 36.1 Å². The minimum atomic E-state index is -4.20. The van der Waals surface area contributed by atoms with Crippen molar-refractivity contribution in [2.24, 2.45) is 31.9 Å². The molecule has 0 radical (unpaired) electrons. The minimum Gasteiger partial charge on any atom is -0.478 e. The number of carboxylic acid groups (broad SMARTS) is 1. The summed E-state index contributed by atoms with van der Waals surface area (Å²) in [5.74, 6) is 2.91. The average molecular weight is 1560 g/mol. The van der Waals surface area contributed by atoms with E-state index >= 15 is 0 Å². The third-order valence-corrected chi connectivity index (χ3v) is 22.4. The van der Waals surface area contributed by atoms with Crippen LogP contribution in [0.5, 0.6) is 23.0 Å². The van der Waals surface area contributed by atoms with Gasteiger partial charge < -0.3 is 19.5 Å². The van der Waals surface area contributed by atoms with Gasteiger partial charge in [0, 0.05) is 74.3 Å². The number of unbranched alkanes of at least 4 members (excludes halogenated alkanes) is 4. The summed E-state index contributed by atoms with van der Waals surface area (Å²) >= 11 is 0. The second-order valence-corrected chi connectivity index (χ2v) is 35.3. The molecule has 6 aromatic rings. The number of carboxylic acids is 1. The van der Waals surface area contributed by atoms with Crippen LogP contribution >= 0.6 is 0 Å². The highest BCUT2D eigenvalue weighted by Crippen LogP contribution is 2.50. The Kier molecular flexibility index (Phi) is 32.3. The molecule has 596 valence electrons. The smallest absolute Gasteiger partial charge is 0.373 e. The number of hydrogen-bond donors (Lipinski definition) is 3. The normalized spacial score (nSPS) is 18.0. The summed E-state index contributed by atoms with van der Waals surface area (Å²) in [6, 6.07) is 32.9. The number of benzene rings is 6. The van der Waals surface area contributed by atoms with E-state index < -0.39 is 32.0 Å². The fraction of sp³-hybridized carbons (Fsp3) is 0.494. The predicted molar refractivity (Wildman–Crippen MR) is 433 cm³/mol. The SMILES string of the molecule is CC.CC.CC1CC(C)(C)Cc2cc3c(cc21)C(c1ccccc1C(=O)N(CCCN=[N+]=[N-])CCCS(=O)(=O)O)=c1cc2c(cc1O3)=CC(C)(C)CC2C.CC1CC(C)(C)Cc2cc3c(cc21)C(c1ccccc1C(=O)O)=c1cc2c(cc1O3)=CC(C)(C)CC2C.O=C=O.O=C=O.[N-]=[N+]=NCCCCCCCS(=O)(=O)O. The van der Waals surface area contributed by atoms with Gasteiger partial charge in [0.1, 0.15) is 23.0 Å². The van der Waals surface area contributed by atoms with Crippen molar-refractivity contribution < 1.29 is 69.3 Å². The highest BCUT2D eigenvalue weighted by molar-refractivity contribution is 7.86. The molecule has 0 fully saturated rings. The monoisotopic (exact) mass is 1560 g/mol. The lowest BCUT2D eigenvalue weighted by molar-refractivity contribution is -0.193. The lowest BCUT2D eigenvalue weighted by atomic mass is 9.69. The second kappa shape index (κ2) is 39.6. The first-order valence-electron chi connectivity index (χ1n) is 38.5. The van der Waals surface area contributed by atoms with Crippen LogP contribution in [0, 0.1) is 21.7 Å². The highest BCUT2D eigenvalue weighted by Gasteiger charge is 2.37. The van der Waals surface area contributed by atoms with Crippen LogP contribution in [0.15, 0.2) is 107 Å². The van der Waals surface area contributed by atoms with Crippen molar-refractivity contribution in [2.75, 3.05) is 37.7 Å². The first-order chi connectivity index (χ1) is 52.4. The Morgan fingerprint density at radius 2 is 0.865 bits per heavy atom. The molecule has 4 atom stereocenters. The average Bonchev–Trinajstić information content (AvgIpc) is 0.730. The van der Waals surface area contributed by atoms with Gasteiger partial charge in [0.05, 0.1) is 17.1 Å². The van der Waals surface area contributed by atoms with Gasteiger partial charge in [-0.3, -0.25) is 13.9 Å². The van der Waals surface area contributed by atoms with Gasteiger partial charge in [-0.05, 0) is 236 Å². The molecule has 6 aromatic carbocycles. The summed E-state index contributed by atoms with van der Waals surface area (Å²) in [5, 5.41) is 21.5. The van der Waals surface area contributed by atoms with E-state index in [1.165, 1.54) is 43.8 Å². The van der Waals surface area contributed by atoms with Crippen molar-refractivity contribution in [3.05, 3.63) is 206 Å². The number of rotatable bonds is 20. The van der Waals surface area contributed by atoms with Gasteiger partial charge in [0.25, 0.3) is 26.1 Å². The van der Waals surface area contributed by atoms with E-state index in [1.54, 1.807) is 17.0 Å². The maximum absolute atomic E-state index is 14.5. The Labute approximate surface area is 654 Å². The molecule has 1 amide bonds. The fourth-order valence-corrected chi connectivity index (χ4v) is 18.0. The van der Waals surface area contributed by atoms with Crippen LogP contribution in [0.3, 0.4) is 0 Å². The molecule has 4 aliphatic carbocycles. The summed E-state index contributed by atoms with van der Waals surface area (Å²) in [7, 11) is -7.99. The first-order valence-corrected chi connectivity index (χ1v) is 41.7. The molecule has 22 nitrogen and oxygen atoms in total. The largest absolute Gasteiger partial charge is 0.478 e. The molecule has 0 aromatic heterocycles. The number of amides is 1. The van der Waals surface area contributed by atoms with Gasteiger partial charge in [-0.15, -0.1) is 0 Å². The highest BCUT2D eigenvalue weighted by atomic mass is 32.2. The molecule has 12 rings (SSSR count). The van der Waals surface area contributed by atoms with Crippen molar-refractivity contribution in [1.29, 1.82) is 0 Å². The summed E-state index contributed by atoms with van der Waals surface area (Å²) < 4.78 is 75.0. The van der Waals surface area contributed by atoms with Gasteiger partial charge in [-0.25, -0.2) is 4.79 Å². The van der Waals surface area contributed by atoms with Crippen molar-refractivity contribution in [3.63, 3.8) is 0 Å². The zero-order valence-corrected chi connectivity index (χ0v) is 69.0. The van der Waals surface area contributed by atoms with Gasteiger partial charge in [-0.1, -0.05) is 189 Å². The molecule has 4 unspecified atom stereocenters. The molecule has 24 heteroatoms. The van der Waals surface area contributed by atoms with Crippen LogP contribution in [-0.2, 0) is 52.3 Å². The number of azide groups is 2. The fourth-order valence-electron chi connectivity index (χ4n) is 17.0. The number of nitrogens with zero attached hydrogens (tertiary/aromatic N) is 7. The van der Waals surface area contributed by atoms with Crippen molar-refractivity contribution >= 4 is 67.7 Å². The summed E-state index contributed by atoms with van der Waals surface area (Å²) in [5.41, 5.74) is 31.4. The summed E-state index contributed by atoms with van der Waals surface area (Å²) in [6.45, 7) is 36.7. The Bertz CT molecular complexity index is 5050. The maximum atomic E-state index is 14.5. The van der Waals surface area contributed by atoms with Gasteiger partial charge >= 0.3 is 18.3 Å². The third kappa shape index (κ3) is 24.3. The molecular weight excluding hydrogens is 1450 g/mol. The molecule has 6 aliphatic rings. The minimum absolute atomic E-state index is 0.0525. The van der Waals surface area contributed by atoms with Crippen LogP contribution in [-0.4, -0.2) is 97.8 Å². The number of carbonyl (C=O) groups excluding carboxylic acids is 5. The third-order valence-electron chi connectivity index (χ3n) is 20.8. The molecule has 111 heavy (non-hydrogen) atoms. The van der Waals surface area contributed by atoms with Crippen LogP contribution in [0.25, 0.3) is 44.2 Å². The van der Waals surface area contributed by atoms with Crippen LogP contribution in [0.1, 0.15) is 281 Å². The van der Waals surface area contributed by atoms with Crippen LogP contribution in [0.2, 0.25) is 0 Å². The van der Waals surface area contributed by atoms with E-state index in [-0.39, 0.29) is 71.7 Å². The van der Waals surface area contributed by atoms with Crippen LogP contribution in [0.4, 0.5) is 0 Å². The molecule has 0 spiro atoms. The molecule has 2 aliphatic heterocycles. The molecule has 0 saturated carbocycles. The zero-order chi connectivity index (χ0) is 82.6. The second-order valence-electron chi connectivity index (χ2n) is 32.2. The molecule has 2 heterocycles. The standard InChI is InChI=1S/C40H48N4O5S.C34H36O3.C7H15N3O3S.2C2H6.2CO2/c1-25-21-39(3,4)23-27-17-35-33(19-31(25)27)37(34-20-32-26(2)22-40(5,6)24-28(32)18-36(34)49-35)29-11-7-8-12-30(29)38(45)44(14-9-13-42-43-41)15-10-16-50(46,47)48;1-19-15-33(3,4)17-21-11-29-27(13-25(19)21)31(23-9-7-8-10-24(23)32(35)36)28-14-26-20(2)16-34(5,6)18-22(26)12-30(28)37-29;8-10-9-6-4-2-1-3-5-7-14(11,12)13;2*1-2;2*2-1-3/h7-8,11-12,17-20,23,25-26H,9-10,13-16,21-22,24H2,1-6H3,(H,46,47,48);7-14,17,19-20H,15-16,18H2,1-6H3,(H,35,36);1-7H2,(H,11,12,13);2*1-2H3;;. The Morgan fingerprint density at radius 1 is 0.495 bits per heavy atom. The van der Waals surface area contributed by atoms with Crippen LogP contribution < -0.4 is 30.3 Å². The zero-order valence-electron chi connectivity index (χ0n) is 67.3. The van der Waals surface area contributed by atoms with E-state index in [2.05, 4.69) is 164 Å². The lowest BCUT2D eigenvalue weighted by Gasteiger charge is -2.37. The molecule has 3 N–H and O–H groups in total. The quantitative estimate of drug-likeness (QED) is 0.0210. The van der Waals surface area contributed by atoms with E-state index in [4.69, 9.17) is 44.3 Å². The lowest BCUT2D eigenvalue weighted by Crippen LogP contribution is -2.35. The Morgan fingerprint density at radius 3 is 1.29 bits per heavy atom. The number of aromatic carboxylic acids is 1. The summed E-state index contributed by atoms with van der Waals surface area (Å²) in [4.78, 5) is 66.4. The van der Waals surface area contributed by atoms with E-state index in [1.807, 2.05) is 64.1 Å². The van der Waals surface area contributed by atoms with Gasteiger partial charge in [0.15, 0.2) is 0 Å². The predicted octanol–water partition coefficient (Wildman–Crippen LogP) is 18.0.